The molecule has 0 unspecified atom stereocenters. The first-order valence-corrected chi connectivity index (χ1v) is 5.46. The minimum atomic E-state index is -0.283. The smallest absolute Gasteiger partial charge is 0.131 e. The fourth-order valence-electron chi connectivity index (χ4n) is 1.19. The predicted octanol–water partition coefficient (Wildman–Crippen LogP) is 3.17. The maximum absolute atomic E-state index is 12.9. The Bertz CT molecular complexity index is 442. The topological polar surface area (TPSA) is 22.1 Å². The van der Waals surface area contributed by atoms with E-state index in [-0.39, 0.29) is 5.82 Å². The molecule has 78 valence electrons. The van der Waals surface area contributed by atoms with Crippen molar-refractivity contribution in [1.29, 1.82) is 0 Å². The molecule has 0 fully saturated rings. The van der Waals surface area contributed by atoms with Crippen LogP contribution in [0.1, 0.15) is 11.3 Å². The van der Waals surface area contributed by atoms with E-state index in [1.807, 2.05) is 12.3 Å². The molecule has 1 aromatic heterocycles. The van der Waals surface area contributed by atoms with E-state index >= 15 is 0 Å². The molecule has 0 spiro atoms. The number of hydrogen-bond donors (Lipinski definition) is 0. The molecule has 2 nitrogen and oxygen atoms in total. The predicted molar refractivity (Wildman–Crippen MR) is 57.6 cm³/mol. The monoisotopic (exact) mass is 223 g/mol. The van der Waals surface area contributed by atoms with Gasteiger partial charge in [0.05, 0.1) is 11.2 Å². The Hall–Kier alpha value is -1.42. The number of benzene rings is 1. The lowest BCUT2D eigenvalue weighted by Gasteiger charge is -2.07. The van der Waals surface area contributed by atoms with Gasteiger partial charge in [0.15, 0.2) is 0 Å². The molecular weight excluding hydrogens is 213 g/mol. The molecule has 2 aromatic rings. The van der Waals surface area contributed by atoms with Crippen LogP contribution in [-0.4, -0.2) is 4.98 Å². The van der Waals surface area contributed by atoms with Gasteiger partial charge in [-0.25, -0.2) is 9.37 Å². The van der Waals surface area contributed by atoms with Crippen molar-refractivity contribution in [2.24, 2.45) is 0 Å². The van der Waals surface area contributed by atoms with Crippen LogP contribution >= 0.6 is 11.3 Å². The van der Waals surface area contributed by atoms with Crippen molar-refractivity contribution in [3.05, 3.63) is 46.2 Å². The summed E-state index contributed by atoms with van der Waals surface area (Å²) in [5, 5.41) is 1.91. The van der Waals surface area contributed by atoms with Crippen molar-refractivity contribution in [3.8, 4) is 5.75 Å². The second-order valence-electron chi connectivity index (χ2n) is 3.18. The molecule has 1 heterocycles. The third-order valence-corrected chi connectivity index (χ3v) is 2.64. The molecule has 0 aliphatic carbocycles. The summed E-state index contributed by atoms with van der Waals surface area (Å²) < 4.78 is 18.4. The molecule has 2 rings (SSSR count). The molecule has 15 heavy (non-hydrogen) atoms. The highest BCUT2D eigenvalue weighted by Crippen LogP contribution is 2.19. The standard InChI is InChI=1S/C11H10FNOS/c1-8-2-3-9(12)4-11(8)14-5-10-6-15-7-13-10/h2-4,6-7H,5H2,1H3. The van der Waals surface area contributed by atoms with Gasteiger partial charge in [0.2, 0.25) is 0 Å². The molecule has 0 bridgehead atoms. The number of thiazole rings is 1. The Morgan fingerprint density at radius 2 is 2.33 bits per heavy atom. The highest BCUT2D eigenvalue weighted by atomic mass is 32.1. The molecule has 1 aromatic carbocycles. The zero-order valence-electron chi connectivity index (χ0n) is 8.24. The molecule has 0 saturated carbocycles. The first kappa shape index (κ1) is 10.1. The van der Waals surface area contributed by atoms with Gasteiger partial charge in [0, 0.05) is 11.4 Å². The normalized spacial score (nSPS) is 10.3. The molecule has 4 heteroatoms. The van der Waals surface area contributed by atoms with Crippen LogP contribution in [0, 0.1) is 12.7 Å². The molecule has 0 aliphatic rings. The Morgan fingerprint density at radius 1 is 1.47 bits per heavy atom. The third-order valence-electron chi connectivity index (χ3n) is 2.01. The van der Waals surface area contributed by atoms with E-state index in [0.29, 0.717) is 12.4 Å². The highest BCUT2D eigenvalue weighted by molar-refractivity contribution is 7.07. The Labute approximate surface area is 91.4 Å². The number of nitrogens with zero attached hydrogens (tertiary/aromatic N) is 1. The maximum Gasteiger partial charge on any atom is 0.131 e. The second kappa shape index (κ2) is 4.40. The Balaban J connectivity index is 2.07. The fraction of sp³-hybridized carbons (Fsp3) is 0.182. The number of aromatic nitrogens is 1. The highest BCUT2D eigenvalue weighted by Gasteiger charge is 2.02. The van der Waals surface area contributed by atoms with Crippen molar-refractivity contribution in [2.45, 2.75) is 13.5 Å². The number of aryl methyl sites for hydroxylation is 1. The maximum atomic E-state index is 12.9. The van der Waals surface area contributed by atoms with E-state index in [1.54, 1.807) is 11.6 Å². The van der Waals surface area contributed by atoms with E-state index < -0.39 is 0 Å². The lowest BCUT2D eigenvalue weighted by molar-refractivity contribution is 0.298. The number of rotatable bonds is 3. The number of hydrogen-bond acceptors (Lipinski definition) is 3. The van der Waals surface area contributed by atoms with Gasteiger partial charge in [-0.05, 0) is 18.6 Å². The molecule has 0 saturated heterocycles. The van der Waals surface area contributed by atoms with E-state index in [1.165, 1.54) is 23.5 Å². The van der Waals surface area contributed by atoms with Crippen LogP contribution in [0.4, 0.5) is 4.39 Å². The summed E-state index contributed by atoms with van der Waals surface area (Å²) in [7, 11) is 0. The lowest BCUT2D eigenvalue weighted by atomic mass is 10.2. The van der Waals surface area contributed by atoms with E-state index in [9.17, 15) is 4.39 Å². The summed E-state index contributed by atoms with van der Waals surface area (Å²) >= 11 is 1.52. The summed E-state index contributed by atoms with van der Waals surface area (Å²) in [5.41, 5.74) is 3.53. The zero-order valence-corrected chi connectivity index (χ0v) is 9.05. The molecule has 0 aliphatic heterocycles. The molecular formula is C11H10FNOS. The van der Waals surface area contributed by atoms with Crippen molar-refractivity contribution in [3.63, 3.8) is 0 Å². The quantitative estimate of drug-likeness (QED) is 0.797. The van der Waals surface area contributed by atoms with Crippen molar-refractivity contribution in [1.82, 2.24) is 4.98 Å². The van der Waals surface area contributed by atoms with Crippen LogP contribution < -0.4 is 4.74 Å². The number of halogens is 1. The van der Waals surface area contributed by atoms with Crippen LogP contribution in [0.25, 0.3) is 0 Å². The fourth-order valence-corrected chi connectivity index (χ4v) is 1.73. The summed E-state index contributed by atoms with van der Waals surface area (Å²) in [5.74, 6) is 0.289. The van der Waals surface area contributed by atoms with E-state index in [4.69, 9.17) is 4.74 Å². The summed E-state index contributed by atoms with van der Waals surface area (Å²) in [6.07, 6.45) is 0. The minimum absolute atomic E-state index is 0.283. The zero-order chi connectivity index (χ0) is 10.7. The first-order valence-electron chi connectivity index (χ1n) is 4.52. The average Bonchev–Trinajstić information content (AvgIpc) is 2.72. The van der Waals surface area contributed by atoms with E-state index in [2.05, 4.69) is 4.98 Å². The molecule has 0 amide bonds. The van der Waals surface area contributed by atoms with Crippen LogP contribution in [-0.2, 0) is 6.61 Å². The molecule has 0 atom stereocenters. The van der Waals surface area contributed by atoms with Crippen LogP contribution in [0.5, 0.6) is 5.75 Å². The van der Waals surface area contributed by atoms with Crippen LogP contribution in [0.15, 0.2) is 29.1 Å². The van der Waals surface area contributed by atoms with Gasteiger partial charge in [-0.1, -0.05) is 6.07 Å². The van der Waals surface area contributed by atoms with Crippen LogP contribution in [0.3, 0.4) is 0 Å². The second-order valence-corrected chi connectivity index (χ2v) is 3.90. The van der Waals surface area contributed by atoms with Gasteiger partial charge in [0.1, 0.15) is 18.2 Å². The summed E-state index contributed by atoms with van der Waals surface area (Å²) in [4.78, 5) is 4.08. The molecule has 0 radical (unpaired) electrons. The van der Waals surface area contributed by atoms with Gasteiger partial charge < -0.3 is 4.74 Å². The average molecular weight is 223 g/mol. The van der Waals surface area contributed by atoms with Gasteiger partial charge >= 0.3 is 0 Å². The van der Waals surface area contributed by atoms with Gasteiger partial charge in [-0.2, -0.15) is 0 Å². The van der Waals surface area contributed by atoms with Crippen molar-refractivity contribution in [2.75, 3.05) is 0 Å². The number of ether oxygens (including phenoxy) is 1. The Kier molecular flexibility index (Phi) is 2.97. The van der Waals surface area contributed by atoms with Gasteiger partial charge in [-0.3, -0.25) is 0 Å². The summed E-state index contributed by atoms with van der Waals surface area (Å²) in [6, 6.07) is 4.51. The van der Waals surface area contributed by atoms with E-state index in [0.717, 1.165) is 11.3 Å². The molecule has 0 N–H and O–H groups in total. The largest absolute Gasteiger partial charge is 0.487 e. The van der Waals surface area contributed by atoms with Crippen LogP contribution in [0.2, 0.25) is 0 Å². The van der Waals surface area contributed by atoms with Gasteiger partial charge in [-0.15, -0.1) is 11.3 Å². The van der Waals surface area contributed by atoms with Crippen molar-refractivity contribution < 1.29 is 9.13 Å². The Morgan fingerprint density at radius 3 is 3.07 bits per heavy atom. The lowest BCUT2D eigenvalue weighted by Crippen LogP contribution is -1.97. The minimum Gasteiger partial charge on any atom is -0.487 e. The SMILES string of the molecule is Cc1ccc(F)cc1OCc1cscn1. The van der Waals surface area contributed by atoms with Crippen molar-refractivity contribution >= 4 is 11.3 Å². The third kappa shape index (κ3) is 2.53. The first-order chi connectivity index (χ1) is 7.25. The summed E-state index contributed by atoms with van der Waals surface area (Å²) in [6.45, 7) is 2.27. The van der Waals surface area contributed by atoms with Gasteiger partial charge in [0.25, 0.3) is 0 Å².